The Morgan fingerprint density at radius 3 is 0.929 bits per heavy atom. The van der Waals surface area contributed by atoms with E-state index in [9.17, 15) is 15.8 Å². The van der Waals surface area contributed by atoms with Crippen LogP contribution in [0.1, 0.15) is 83.6 Å². The lowest BCUT2D eigenvalue weighted by Gasteiger charge is -2.34. The number of pyridine rings is 6. The first kappa shape index (κ1) is 83.7. The molecule has 3 aliphatic rings. The highest BCUT2D eigenvalue weighted by Gasteiger charge is 2.52. The Hall–Kier alpha value is -19.1. The van der Waals surface area contributed by atoms with Gasteiger partial charge in [-0.3, -0.25) is 15.0 Å². The van der Waals surface area contributed by atoms with Crippen LogP contribution in [0.3, 0.4) is 0 Å². The molecule has 27 rings (SSSR count). The van der Waals surface area contributed by atoms with E-state index in [-0.39, 0.29) is 0 Å². The van der Waals surface area contributed by atoms with Crippen LogP contribution >= 0.6 is 0 Å². The molecule has 9 nitrogen and oxygen atoms in total. The Balaban J connectivity index is 0.000000111. The van der Waals surface area contributed by atoms with Gasteiger partial charge in [-0.25, -0.2) is 15.0 Å². The molecular weight excluding hydrogens is 1710 g/mol. The van der Waals surface area contributed by atoms with Gasteiger partial charge in [-0.2, -0.15) is 15.8 Å². The zero-order chi connectivity index (χ0) is 94.1. The van der Waals surface area contributed by atoms with E-state index in [1.54, 1.807) is 43.0 Å². The molecule has 18 aromatic carbocycles. The van der Waals surface area contributed by atoms with Crippen LogP contribution in [0, 0.1) is 34.0 Å². The molecule has 0 saturated carbocycles. The maximum absolute atomic E-state index is 9.52. The first-order chi connectivity index (χ1) is 69.8. The van der Waals surface area contributed by atoms with Crippen molar-refractivity contribution in [3.05, 3.63) is 576 Å². The molecule has 141 heavy (non-hydrogen) atoms. The lowest BCUT2D eigenvalue weighted by molar-refractivity contribution is 0.770. The van der Waals surface area contributed by atoms with Crippen LogP contribution in [0.25, 0.3) is 166 Å². The summed E-state index contributed by atoms with van der Waals surface area (Å²) in [6.07, 6.45) is 8.61. The molecule has 0 radical (unpaired) electrons. The van der Waals surface area contributed by atoms with E-state index in [0.717, 1.165) is 72.6 Å². The third-order valence-electron chi connectivity index (χ3n) is 28.9. The van der Waals surface area contributed by atoms with Crippen molar-refractivity contribution in [3.63, 3.8) is 0 Å². The minimum atomic E-state index is -0.557. The van der Waals surface area contributed by atoms with E-state index in [4.69, 9.17) is 15.0 Å². The fraction of sp³-hybridized carbons (Fsp3) is 0.0227. The standard InChI is InChI=1S/3C44H27N3/c45-26-29-24-31(28-46-27-29)40-20-11-21-41(47-40)37-25-39-43(36-19-10-9-18-35(36)37)42-34-17-8-7-12-30(34)22-23-38(42)44(39,32-13-3-1-4-14-32)33-15-5-2-6-16-33;45-28-33-26-30(24-25-46-33)40-20-11-21-41(47-40)37-27-39-43(36-19-10-9-18-35(36)37)42-34-17-8-7-12-29(34)22-23-38(42)44(39,31-13-3-1-4-14-31)32-15-5-2-6-16-32;45-27-29-23-24-46-41(25-29)40-22-20-31(28-47-40)37-26-39-43(36-18-10-9-17-35(36)37)42-34-16-8-7-11-30(34)19-21-38(42)44(39,32-12-3-1-4-13-32)33-14-5-2-6-15-33/h1-25,27-28H;1-27H;1-26,28H. The molecule has 6 aromatic heterocycles. The van der Waals surface area contributed by atoms with Crippen molar-refractivity contribution in [2.24, 2.45) is 0 Å². The minimum absolute atomic E-state index is 0.373. The summed E-state index contributed by atoms with van der Waals surface area (Å²) in [6, 6.07) is 171. The Morgan fingerprint density at radius 1 is 0.191 bits per heavy atom. The van der Waals surface area contributed by atoms with Crippen LogP contribution in [0.2, 0.25) is 0 Å². The van der Waals surface area contributed by atoms with Crippen molar-refractivity contribution < 1.29 is 0 Å². The summed E-state index contributed by atoms with van der Waals surface area (Å²) in [5.74, 6) is 0. The first-order valence-corrected chi connectivity index (χ1v) is 47.4. The number of nitrogens with zero attached hydrogens (tertiary/aromatic N) is 9. The normalized spacial score (nSPS) is 12.8. The summed E-state index contributed by atoms with van der Waals surface area (Å²) in [6.45, 7) is 0. The Morgan fingerprint density at radius 2 is 0.539 bits per heavy atom. The number of aromatic nitrogens is 6. The Kier molecular flexibility index (Phi) is 20.6. The van der Waals surface area contributed by atoms with E-state index >= 15 is 0 Å². The van der Waals surface area contributed by atoms with Crippen molar-refractivity contribution in [3.8, 4) is 119 Å². The summed E-state index contributed by atoms with van der Waals surface area (Å²) < 4.78 is 0. The second kappa shape index (κ2) is 34.7. The van der Waals surface area contributed by atoms with Crippen molar-refractivity contribution >= 4 is 64.6 Å². The van der Waals surface area contributed by atoms with Crippen LogP contribution in [-0.2, 0) is 16.2 Å². The van der Waals surface area contributed by atoms with Crippen molar-refractivity contribution in [2.75, 3.05) is 0 Å². The molecule has 0 unspecified atom stereocenters. The van der Waals surface area contributed by atoms with Gasteiger partial charge in [-0.15, -0.1) is 0 Å². The second-order valence-corrected chi connectivity index (χ2v) is 36.2. The highest BCUT2D eigenvalue weighted by molar-refractivity contribution is 6.19. The molecule has 3 aliphatic carbocycles. The summed E-state index contributed by atoms with van der Waals surface area (Å²) in [5, 5.41) is 43.0. The van der Waals surface area contributed by atoms with Gasteiger partial charge in [0.1, 0.15) is 17.8 Å². The van der Waals surface area contributed by atoms with E-state index in [1.807, 2.05) is 42.6 Å². The van der Waals surface area contributed by atoms with Crippen LogP contribution in [-0.4, -0.2) is 29.9 Å². The third kappa shape index (κ3) is 13.5. The number of rotatable bonds is 12. The molecule has 6 heterocycles. The Labute approximate surface area is 815 Å². The van der Waals surface area contributed by atoms with Gasteiger partial charge in [0.15, 0.2) is 0 Å². The minimum Gasteiger partial charge on any atom is -0.263 e. The smallest absolute Gasteiger partial charge is 0.141 e. The Bertz CT molecular complexity index is 8790. The van der Waals surface area contributed by atoms with Crippen molar-refractivity contribution in [1.82, 2.24) is 29.9 Å². The van der Waals surface area contributed by atoms with Crippen LogP contribution < -0.4 is 0 Å². The summed E-state index contributed by atoms with van der Waals surface area (Å²) in [4.78, 5) is 28.2. The summed E-state index contributed by atoms with van der Waals surface area (Å²) >= 11 is 0. The van der Waals surface area contributed by atoms with Gasteiger partial charge >= 0.3 is 0 Å². The molecule has 0 bridgehead atoms. The molecular formula is C132H81N9. The fourth-order valence-corrected chi connectivity index (χ4v) is 23.1. The predicted octanol–water partition coefficient (Wildman–Crippen LogP) is 31.1. The topological polar surface area (TPSA) is 149 Å². The zero-order valence-corrected chi connectivity index (χ0v) is 76.3. The zero-order valence-electron chi connectivity index (χ0n) is 76.3. The van der Waals surface area contributed by atoms with Gasteiger partial charge in [0.05, 0.1) is 67.6 Å². The monoisotopic (exact) mass is 1790 g/mol. The van der Waals surface area contributed by atoms with E-state index in [1.165, 1.54) is 154 Å². The van der Waals surface area contributed by atoms with Crippen molar-refractivity contribution in [2.45, 2.75) is 16.2 Å². The number of fused-ring (bicyclic) bond motifs is 21. The fourth-order valence-electron chi connectivity index (χ4n) is 23.1. The van der Waals surface area contributed by atoms with E-state index < -0.39 is 16.2 Å². The van der Waals surface area contributed by atoms with Crippen LogP contribution in [0.4, 0.5) is 0 Å². The molecule has 0 aliphatic heterocycles. The van der Waals surface area contributed by atoms with E-state index in [2.05, 4.69) is 440 Å². The van der Waals surface area contributed by atoms with Crippen LogP contribution in [0.5, 0.6) is 0 Å². The van der Waals surface area contributed by atoms with Gasteiger partial charge in [-0.05, 0) is 249 Å². The van der Waals surface area contributed by atoms with Crippen LogP contribution in [0.15, 0.2) is 492 Å². The van der Waals surface area contributed by atoms with Gasteiger partial charge < -0.3 is 0 Å². The average Bonchev–Trinajstić information content (AvgIpc) is 1.53. The second-order valence-electron chi connectivity index (χ2n) is 36.2. The number of nitriles is 3. The highest BCUT2D eigenvalue weighted by atomic mass is 14.8. The summed E-state index contributed by atoms with van der Waals surface area (Å²) in [7, 11) is 0. The molecule has 0 atom stereocenters. The molecule has 9 heteroatoms. The molecule has 0 N–H and O–H groups in total. The first-order valence-electron chi connectivity index (χ1n) is 47.4. The predicted molar refractivity (Wildman–Crippen MR) is 570 cm³/mol. The molecule has 0 fully saturated rings. The number of hydrogen-bond acceptors (Lipinski definition) is 9. The van der Waals surface area contributed by atoms with E-state index in [0.29, 0.717) is 22.5 Å². The quantitative estimate of drug-likeness (QED) is 0.116. The number of benzene rings is 18. The highest BCUT2D eigenvalue weighted by Crippen LogP contribution is 2.65. The van der Waals surface area contributed by atoms with Gasteiger partial charge in [0.2, 0.25) is 0 Å². The molecule has 0 spiro atoms. The van der Waals surface area contributed by atoms with Crippen molar-refractivity contribution in [1.29, 1.82) is 15.8 Å². The molecule has 0 amide bonds. The van der Waals surface area contributed by atoms with Gasteiger partial charge in [0, 0.05) is 58.8 Å². The largest absolute Gasteiger partial charge is 0.263 e. The molecule has 654 valence electrons. The maximum Gasteiger partial charge on any atom is 0.141 e. The van der Waals surface area contributed by atoms with Gasteiger partial charge in [0.25, 0.3) is 0 Å². The SMILES string of the molecule is N#Cc1cc(-c2cccc(-c3cc4c(c5ccccc35)-c3c(ccc5ccccc35)C4(c3ccccc3)c3ccccc3)n2)ccn1.N#Cc1ccnc(-c2ccc(-c3cc4c(c5ccccc35)-c3c(ccc5ccccc35)C4(c3ccccc3)c3ccccc3)cn2)c1.N#Cc1cncc(-c2cccc(-c3cc4c(c5ccccc35)-c3c(ccc5ccccc35)C4(c3ccccc3)c3ccccc3)n2)c1. The lowest BCUT2D eigenvalue weighted by Crippen LogP contribution is -2.28. The third-order valence-corrected chi connectivity index (χ3v) is 28.9. The lowest BCUT2D eigenvalue weighted by atomic mass is 9.67. The van der Waals surface area contributed by atoms with Gasteiger partial charge in [-0.1, -0.05) is 382 Å². The molecule has 0 saturated heterocycles. The summed E-state index contributed by atoms with van der Waals surface area (Å²) in [5.41, 5.74) is 33.2. The molecule has 24 aromatic rings. The maximum atomic E-state index is 9.52. The number of hydrogen-bond donors (Lipinski definition) is 0. The average molecular weight is 1790 g/mol.